The Labute approximate surface area is 126 Å². The summed E-state index contributed by atoms with van der Waals surface area (Å²) in [7, 11) is 0. The topological polar surface area (TPSA) is 72.4 Å². The van der Waals surface area contributed by atoms with Gasteiger partial charge in [0.1, 0.15) is 0 Å². The van der Waals surface area contributed by atoms with Crippen LogP contribution in [-0.2, 0) is 0 Å². The summed E-state index contributed by atoms with van der Waals surface area (Å²) >= 11 is 0. The maximum atomic E-state index is 11.1. The molecular formula is C16H25N3O2. The zero-order valence-electron chi connectivity index (χ0n) is 12.9. The number of hydrogen-bond donors (Lipinski definition) is 1. The number of nitrogens with two attached hydrogens (primary N) is 1. The van der Waals surface area contributed by atoms with Gasteiger partial charge in [-0.3, -0.25) is 15.0 Å². The van der Waals surface area contributed by atoms with E-state index >= 15 is 0 Å². The van der Waals surface area contributed by atoms with E-state index in [-0.39, 0.29) is 16.7 Å². The monoisotopic (exact) mass is 291 g/mol. The number of nitro benzene ring substituents is 1. The molecule has 5 heteroatoms. The summed E-state index contributed by atoms with van der Waals surface area (Å²) in [6, 6.07) is 6.29. The first-order chi connectivity index (χ1) is 10.0. The number of nitro groups is 1. The molecule has 0 aliphatic carbocycles. The van der Waals surface area contributed by atoms with Crippen LogP contribution in [0.4, 0.5) is 5.69 Å². The molecule has 2 rings (SSSR count). The molecule has 2 unspecified atom stereocenters. The predicted octanol–water partition coefficient (Wildman–Crippen LogP) is 3.17. The van der Waals surface area contributed by atoms with Crippen molar-refractivity contribution in [3.63, 3.8) is 0 Å². The lowest BCUT2D eigenvalue weighted by Gasteiger charge is -2.40. The highest BCUT2D eigenvalue weighted by molar-refractivity contribution is 5.43. The first-order valence-corrected chi connectivity index (χ1v) is 7.75. The molecule has 1 aromatic rings. The fraction of sp³-hybridized carbons (Fsp3) is 0.625. The van der Waals surface area contributed by atoms with Crippen LogP contribution in [0.25, 0.3) is 0 Å². The zero-order chi connectivity index (χ0) is 15.4. The molecule has 5 nitrogen and oxygen atoms in total. The van der Waals surface area contributed by atoms with Crippen LogP contribution in [-0.4, -0.2) is 29.0 Å². The maximum absolute atomic E-state index is 11.1. The highest BCUT2D eigenvalue weighted by Crippen LogP contribution is 2.32. The highest BCUT2D eigenvalue weighted by Gasteiger charge is 2.27. The fourth-order valence-corrected chi connectivity index (χ4v) is 3.31. The van der Waals surface area contributed by atoms with Gasteiger partial charge in [-0.2, -0.15) is 0 Å². The molecule has 0 saturated carbocycles. The number of piperidine rings is 1. The van der Waals surface area contributed by atoms with Gasteiger partial charge in [-0.15, -0.1) is 0 Å². The van der Waals surface area contributed by atoms with Crippen molar-refractivity contribution in [1.82, 2.24) is 4.90 Å². The molecule has 2 N–H and O–H groups in total. The average Bonchev–Trinajstić information content (AvgIpc) is 2.47. The van der Waals surface area contributed by atoms with Crippen molar-refractivity contribution >= 4 is 5.69 Å². The van der Waals surface area contributed by atoms with E-state index in [0.29, 0.717) is 18.2 Å². The summed E-state index contributed by atoms with van der Waals surface area (Å²) in [6.45, 7) is 5.67. The Morgan fingerprint density at radius 2 is 2.24 bits per heavy atom. The molecule has 0 aromatic heterocycles. The van der Waals surface area contributed by atoms with Gasteiger partial charge in [0.05, 0.1) is 4.92 Å². The number of rotatable bonds is 5. The quantitative estimate of drug-likeness (QED) is 0.668. The fourth-order valence-electron chi connectivity index (χ4n) is 3.31. The van der Waals surface area contributed by atoms with Crippen LogP contribution in [0.3, 0.4) is 0 Å². The Bertz CT molecular complexity index is 502. The Balaban J connectivity index is 2.23. The van der Waals surface area contributed by atoms with E-state index in [9.17, 15) is 10.1 Å². The summed E-state index contributed by atoms with van der Waals surface area (Å²) in [4.78, 5) is 13.3. The van der Waals surface area contributed by atoms with Crippen molar-refractivity contribution < 1.29 is 4.92 Å². The molecule has 1 aliphatic rings. The lowest BCUT2D eigenvalue weighted by atomic mass is 9.94. The summed E-state index contributed by atoms with van der Waals surface area (Å²) in [5, 5.41) is 11.1. The molecule has 1 heterocycles. The third-order valence-electron chi connectivity index (χ3n) is 4.58. The minimum absolute atomic E-state index is 0.196. The Morgan fingerprint density at radius 1 is 1.48 bits per heavy atom. The summed E-state index contributed by atoms with van der Waals surface area (Å²) in [5.74, 6) is 0. The van der Waals surface area contributed by atoms with Gasteiger partial charge in [-0.1, -0.05) is 18.6 Å². The number of benzene rings is 1. The minimum Gasteiger partial charge on any atom is -0.330 e. The van der Waals surface area contributed by atoms with Crippen molar-refractivity contribution in [2.45, 2.75) is 51.6 Å². The molecule has 1 fully saturated rings. The molecule has 0 radical (unpaired) electrons. The van der Waals surface area contributed by atoms with E-state index in [1.807, 2.05) is 12.1 Å². The summed E-state index contributed by atoms with van der Waals surface area (Å²) in [5.41, 5.74) is 7.68. The van der Waals surface area contributed by atoms with Gasteiger partial charge >= 0.3 is 0 Å². The third-order valence-corrected chi connectivity index (χ3v) is 4.58. The van der Waals surface area contributed by atoms with Crippen molar-refractivity contribution in [3.8, 4) is 0 Å². The SMILES string of the molecule is Cc1ccc(C(C)N2CCCCC2CCN)cc1[N+](=O)[O-]. The summed E-state index contributed by atoms with van der Waals surface area (Å²) in [6.07, 6.45) is 4.62. The number of aryl methyl sites for hydroxylation is 1. The largest absolute Gasteiger partial charge is 0.330 e. The van der Waals surface area contributed by atoms with Crippen molar-refractivity contribution in [3.05, 3.63) is 39.4 Å². The second-order valence-corrected chi connectivity index (χ2v) is 5.94. The number of nitrogens with zero attached hydrogens (tertiary/aromatic N) is 2. The van der Waals surface area contributed by atoms with Crippen LogP contribution in [0.5, 0.6) is 0 Å². The third kappa shape index (κ3) is 3.60. The van der Waals surface area contributed by atoms with Gasteiger partial charge in [-0.05, 0) is 51.8 Å². The molecular weight excluding hydrogens is 266 g/mol. The first-order valence-electron chi connectivity index (χ1n) is 7.75. The Hall–Kier alpha value is -1.46. The Kier molecular flexibility index (Phi) is 5.31. The van der Waals surface area contributed by atoms with Crippen molar-refractivity contribution in [2.24, 2.45) is 5.73 Å². The van der Waals surface area contributed by atoms with Gasteiger partial charge in [0.15, 0.2) is 0 Å². The van der Waals surface area contributed by atoms with Gasteiger partial charge < -0.3 is 5.73 Å². The van der Waals surface area contributed by atoms with Crippen LogP contribution in [0.2, 0.25) is 0 Å². The van der Waals surface area contributed by atoms with Crippen molar-refractivity contribution in [1.29, 1.82) is 0 Å². The van der Waals surface area contributed by atoms with E-state index < -0.39 is 0 Å². The second-order valence-electron chi connectivity index (χ2n) is 5.94. The van der Waals surface area contributed by atoms with E-state index in [1.54, 1.807) is 13.0 Å². The molecule has 1 saturated heterocycles. The molecule has 21 heavy (non-hydrogen) atoms. The van der Waals surface area contributed by atoms with E-state index in [4.69, 9.17) is 5.73 Å². The second kappa shape index (κ2) is 7.00. The zero-order valence-corrected chi connectivity index (χ0v) is 12.9. The predicted molar refractivity (Wildman–Crippen MR) is 84.3 cm³/mol. The van der Waals surface area contributed by atoms with Crippen LogP contribution in [0.15, 0.2) is 18.2 Å². The lowest BCUT2D eigenvalue weighted by Crippen LogP contribution is -2.42. The van der Waals surface area contributed by atoms with Crippen LogP contribution >= 0.6 is 0 Å². The van der Waals surface area contributed by atoms with Gasteiger partial charge in [0.2, 0.25) is 0 Å². The van der Waals surface area contributed by atoms with E-state index in [1.165, 1.54) is 19.3 Å². The van der Waals surface area contributed by atoms with Crippen LogP contribution in [0.1, 0.15) is 49.8 Å². The van der Waals surface area contributed by atoms with Gasteiger partial charge in [0.25, 0.3) is 5.69 Å². The molecule has 1 aliphatic heterocycles. The van der Waals surface area contributed by atoms with Gasteiger partial charge in [0, 0.05) is 23.7 Å². The minimum atomic E-state index is -0.293. The molecule has 0 spiro atoms. The normalized spacial score (nSPS) is 21.2. The number of likely N-dealkylation sites (tertiary alicyclic amines) is 1. The van der Waals surface area contributed by atoms with Crippen LogP contribution in [0, 0.1) is 17.0 Å². The Morgan fingerprint density at radius 3 is 2.90 bits per heavy atom. The van der Waals surface area contributed by atoms with E-state index in [0.717, 1.165) is 18.5 Å². The molecule has 0 bridgehead atoms. The molecule has 116 valence electrons. The lowest BCUT2D eigenvalue weighted by molar-refractivity contribution is -0.385. The van der Waals surface area contributed by atoms with E-state index in [2.05, 4.69) is 11.8 Å². The average molecular weight is 291 g/mol. The smallest absolute Gasteiger partial charge is 0.272 e. The molecule has 1 aromatic carbocycles. The molecule has 2 atom stereocenters. The maximum Gasteiger partial charge on any atom is 0.272 e. The summed E-state index contributed by atoms with van der Waals surface area (Å²) < 4.78 is 0. The number of hydrogen-bond acceptors (Lipinski definition) is 4. The molecule has 0 amide bonds. The van der Waals surface area contributed by atoms with Crippen LogP contribution < -0.4 is 5.73 Å². The first kappa shape index (κ1) is 15.9. The highest BCUT2D eigenvalue weighted by atomic mass is 16.6. The van der Waals surface area contributed by atoms with Gasteiger partial charge in [-0.25, -0.2) is 0 Å². The van der Waals surface area contributed by atoms with Crippen molar-refractivity contribution in [2.75, 3.05) is 13.1 Å². The standard InChI is InChI=1S/C16H25N3O2/c1-12-6-7-14(11-16(12)19(20)21)13(2)18-10-4-3-5-15(18)8-9-17/h6-7,11,13,15H,3-5,8-10,17H2,1-2H3.